The van der Waals surface area contributed by atoms with E-state index in [9.17, 15) is 23.5 Å². The summed E-state index contributed by atoms with van der Waals surface area (Å²) in [6.07, 6.45) is 0.720. The molecule has 1 heterocycles. The smallest absolute Gasteiger partial charge is 0.339 e. The first-order valence-electron chi connectivity index (χ1n) is 8.94. The number of anilines is 1. The summed E-state index contributed by atoms with van der Waals surface area (Å²) in [7, 11) is 4.61. The van der Waals surface area contributed by atoms with Crippen LogP contribution >= 0.6 is 11.3 Å². The number of aryl methyl sites for hydroxylation is 1. The zero-order valence-electron chi connectivity index (χ0n) is 17.3. The van der Waals surface area contributed by atoms with Crippen molar-refractivity contribution < 1.29 is 33.0 Å². The molecule has 3 rings (SSSR count). The second kappa shape index (κ2) is 10.5. The summed E-state index contributed by atoms with van der Waals surface area (Å²) in [5.74, 6) is -2.09. The number of hydrogen-bond donors (Lipinski definition) is 2. The van der Waals surface area contributed by atoms with E-state index < -0.39 is 17.6 Å². The van der Waals surface area contributed by atoms with E-state index in [2.05, 4.69) is 5.32 Å². The first kappa shape index (κ1) is 23.8. The lowest BCUT2D eigenvalue weighted by Gasteiger charge is -2.06. The summed E-state index contributed by atoms with van der Waals surface area (Å²) in [5.41, 5.74) is 0.718. The van der Waals surface area contributed by atoms with E-state index in [4.69, 9.17) is 9.47 Å². The predicted octanol–water partition coefficient (Wildman–Crippen LogP) is 5.26. The average Bonchev–Trinajstić information content (AvgIpc) is 3.21. The Bertz CT molecular complexity index is 1080. The molecule has 0 aliphatic heterocycles. The molecule has 3 aromatic rings. The van der Waals surface area contributed by atoms with Crippen molar-refractivity contribution in [1.29, 1.82) is 0 Å². The number of hydrogen-bond acceptors (Lipinski definition) is 6. The van der Waals surface area contributed by atoms with Gasteiger partial charge in [0.05, 0.1) is 19.8 Å². The van der Waals surface area contributed by atoms with Gasteiger partial charge >= 0.3 is 5.97 Å². The van der Waals surface area contributed by atoms with Crippen LogP contribution in [0.5, 0.6) is 11.5 Å². The topological polar surface area (TPSA) is 84.9 Å². The predicted molar refractivity (Wildman–Crippen MR) is 116 cm³/mol. The molecule has 0 saturated heterocycles. The lowest BCUT2D eigenvalue weighted by atomic mass is 10.0. The van der Waals surface area contributed by atoms with E-state index in [1.165, 1.54) is 38.7 Å². The molecule has 0 spiro atoms. The minimum absolute atomic E-state index is 0.0433. The van der Waals surface area contributed by atoms with Crippen molar-refractivity contribution in [3.63, 3.8) is 0 Å². The molecule has 2 N–H and O–H groups in total. The van der Waals surface area contributed by atoms with Gasteiger partial charge in [-0.3, -0.25) is 4.79 Å². The van der Waals surface area contributed by atoms with E-state index in [1.54, 1.807) is 25.2 Å². The van der Waals surface area contributed by atoms with Gasteiger partial charge in [0.15, 0.2) is 17.9 Å². The molecule has 0 unspecified atom stereocenters. The Morgan fingerprint density at radius 2 is 1.68 bits per heavy atom. The molecule has 164 valence electrons. The number of ether oxygens (including phenoxy) is 2. The van der Waals surface area contributed by atoms with Crippen molar-refractivity contribution in [2.24, 2.45) is 0 Å². The zero-order chi connectivity index (χ0) is 23.1. The van der Waals surface area contributed by atoms with Gasteiger partial charge in [-0.1, -0.05) is 18.2 Å². The fraction of sp³-hybridized carbons (Fsp3) is 0.182. The Balaban J connectivity index is 0.000000245. The summed E-state index contributed by atoms with van der Waals surface area (Å²) in [6, 6.07) is 8.01. The third-order valence-corrected chi connectivity index (χ3v) is 5.38. The van der Waals surface area contributed by atoms with Crippen LogP contribution < -0.4 is 14.8 Å². The highest BCUT2D eigenvalue weighted by atomic mass is 32.1. The number of carbonyl (C=O) groups is 2. The lowest BCUT2D eigenvalue weighted by Crippen LogP contribution is -2.02. The van der Waals surface area contributed by atoms with E-state index in [0.717, 1.165) is 17.6 Å². The van der Waals surface area contributed by atoms with Gasteiger partial charge in [-0.2, -0.15) is 0 Å². The Labute approximate surface area is 182 Å². The molecule has 1 aromatic heterocycles. The fourth-order valence-electron chi connectivity index (χ4n) is 2.80. The first-order valence-corrected chi connectivity index (χ1v) is 9.82. The molecule has 0 bridgehead atoms. The number of aldehydes is 1. The first-order chi connectivity index (χ1) is 14.8. The average molecular weight is 449 g/mol. The maximum absolute atomic E-state index is 13.9. The van der Waals surface area contributed by atoms with E-state index in [-0.39, 0.29) is 22.3 Å². The molecule has 0 radical (unpaired) electrons. The van der Waals surface area contributed by atoms with Crippen LogP contribution in [0.25, 0.3) is 11.1 Å². The van der Waals surface area contributed by atoms with Gasteiger partial charge in [0.25, 0.3) is 0 Å². The number of carboxylic acid groups (broad SMARTS) is 1. The van der Waals surface area contributed by atoms with E-state index in [1.807, 2.05) is 0 Å². The van der Waals surface area contributed by atoms with Crippen LogP contribution in [-0.4, -0.2) is 38.6 Å². The van der Waals surface area contributed by atoms with Crippen molar-refractivity contribution in [2.45, 2.75) is 6.92 Å². The lowest BCUT2D eigenvalue weighted by molar-refractivity contribution is 0.0699. The highest BCUT2D eigenvalue weighted by molar-refractivity contribution is 7.15. The molecule has 9 heteroatoms. The quantitative estimate of drug-likeness (QED) is 0.500. The Morgan fingerprint density at radius 3 is 2.16 bits per heavy atom. The third-order valence-electron chi connectivity index (χ3n) is 4.38. The minimum atomic E-state index is -1.18. The van der Waals surface area contributed by atoms with Crippen LogP contribution in [0.4, 0.5) is 13.8 Å². The Morgan fingerprint density at radius 1 is 1.06 bits per heavy atom. The number of halogens is 2. The number of thiophene rings is 1. The normalized spacial score (nSPS) is 10.0. The molecule has 0 aliphatic carbocycles. The van der Waals surface area contributed by atoms with Crippen LogP contribution in [0, 0.1) is 18.6 Å². The molecule has 0 saturated carbocycles. The minimum Gasteiger partial charge on any atom is -0.496 e. The Kier molecular flexibility index (Phi) is 8.09. The highest BCUT2D eigenvalue weighted by Gasteiger charge is 2.22. The van der Waals surface area contributed by atoms with E-state index in [0.29, 0.717) is 22.1 Å². The van der Waals surface area contributed by atoms with Gasteiger partial charge < -0.3 is 19.9 Å². The number of carbonyl (C=O) groups excluding carboxylic acids is 1. The number of aromatic carboxylic acids is 1. The van der Waals surface area contributed by atoms with Crippen LogP contribution in [0.2, 0.25) is 0 Å². The molecule has 31 heavy (non-hydrogen) atoms. The summed E-state index contributed by atoms with van der Waals surface area (Å²) in [5, 5.41) is 13.8. The molecule has 0 fully saturated rings. The summed E-state index contributed by atoms with van der Waals surface area (Å²) in [6.45, 7) is 1.45. The van der Waals surface area contributed by atoms with Crippen molar-refractivity contribution in [3.8, 4) is 22.6 Å². The van der Waals surface area contributed by atoms with Crippen LogP contribution in [-0.2, 0) is 0 Å². The summed E-state index contributed by atoms with van der Waals surface area (Å²) >= 11 is 1.14. The SMILES string of the molecule is CNc1scc(-c2ccc(C)c(F)c2F)c1C(=O)O.COc1cccc(OC)c1C=O. The highest BCUT2D eigenvalue weighted by Crippen LogP contribution is 2.37. The summed E-state index contributed by atoms with van der Waals surface area (Å²) < 4.78 is 37.4. The number of methoxy groups -OCH3 is 2. The standard InChI is InChI=1S/C13H11F2NO2S.C9H10O3/c1-6-3-4-7(11(15)10(6)14)8-5-19-12(16-2)9(8)13(17)18;1-11-8-4-3-5-9(12-2)7(8)6-10/h3-5,16H,1-2H3,(H,17,18);3-6H,1-2H3. The third kappa shape index (κ3) is 5.00. The van der Waals surface area contributed by atoms with Gasteiger partial charge in [0.2, 0.25) is 0 Å². The molecule has 0 amide bonds. The molecule has 6 nitrogen and oxygen atoms in total. The molecule has 0 atom stereocenters. The second-order valence-corrected chi connectivity index (χ2v) is 7.04. The van der Waals surface area contributed by atoms with Gasteiger partial charge in [0.1, 0.15) is 22.1 Å². The molecule has 0 aliphatic rings. The van der Waals surface area contributed by atoms with Gasteiger partial charge in [0, 0.05) is 23.6 Å². The van der Waals surface area contributed by atoms with Crippen molar-refractivity contribution in [1.82, 2.24) is 0 Å². The Hall–Kier alpha value is -3.46. The summed E-state index contributed by atoms with van der Waals surface area (Å²) in [4.78, 5) is 21.9. The van der Waals surface area contributed by atoms with Crippen LogP contribution in [0.15, 0.2) is 35.7 Å². The van der Waals surface area contributed by atoms with Gasteiger partial charge in [-0.05, 0) is 24.6 Å². The van der Waals surface area contributed by atoms with Crippen molar-refractivity contribution in [2.75, 3.05) is 26.6 Å². The maximum Gasteiger partial charge on any atom is 0.339 e. The number of benzene rings is 2. The van der Waals surface area contributed by atoms with Crippen LogP contribution in [0.1, 0.15) is 26.3 Å². The molecule has 2 aromatic carbocycles. The van der Waals surface area contributed by atoms with Gasteiger partial charge in [-0.25, -0.2) is 13.6 Å². The van der Waals surface area contributed by atoms with Gasteiger partial charge in [-0.15, -0.1) is 11.3 Å². The van der Waals surface area contributed by atoms with Crippen molar-refractivity contribution in [3.05, 3.63) is 64.0 Å². The number of nitrogens with one attached hydrogen (secondary N) is 1. The fourth-order valence-corrected chi connectivity index (χ4v) is 3.72. The van der Waals surface area contributed by atoms with Crippen LogP contribution in [0.3, 0.4) is 0 Å². The zero-order valence-corrected chi connectivity index (χ0v) is 18.1. The second-order valence-electron chi connectivity index (χ2n) is 6.16. The van der Waals surface area contributed by atoms with Crippen molar-refractivity contribution >= 4 is 28.6 Å². The number of carboxylic acids is 1. The largest absolute Gasteiger partial charge is 0.496 e. The molecular weight excluding hydrogens is 428 g/mol. The monoisotopic (exact) mass is 449 g/mol. The maximum atomic E-state index is 13.9. The molecular formula is C22H21F2NO5S. The number of rotatable bonds is 6. The van der Waals surface area contributed by atoms with E-state index >= 15 is 0 Å².